The van der Waals surface area contributed by atoms with Crippen molar-refractivity contribution in [3.05, 3.63) is 42.5 Å². The summed E-state index contributed by atoms with van der Waals surface area (Å²) in [7, 11) is 3.11. The minimum absolute atomic E-state index is 0.0537. The molecule has 1 saturated heterocycles. The fourth-order valence-electron chi connectivity index (χ4n) is 3.14. The molecule has 2 N–H and O–H groups in total. The van der Waals surface area contributed by atoms with Crippen LogP contribution in [0.25, 0.3) is 0 Å². The molecular weight excluding hydrogens is 378 g/mol. The standard InChI is InChI=1S/C20H23N3O4S/c1-26-16-9-8-14(11-17(16)27-2)23-12-13(10-19(23)24)21-20(25)22-15-6-4-5-7-18(15)28-3/h4-9,11,13H,10,12H2,1-3H3,(H2,21,22,25)/t13-/m1/s1. The van der Waals surface area contributed by atoms with E-state index in [9.17, 15) is 9.59 Å². The first-order chi connectivity index (χ1) is 13.5. The number of ether oxygens (including phenoxy) is 2. The summed E-state index contributed by atoms with van der Waals surface area (Å²) in [6.07, 6.45) is 2.20. The summed E-state index contributed by atoms with van der Waals surface area (Å²) in [6.45, 7) is 0.395. The van der Waals surface area contributed by atoms with E-state index >= 15 is 0 Å². The first-order valence-electron chi connectivity index (χ1n) is 8.78. The smallest absolute Gasteiger partial charge is 0.319 e. The number of hydrogen-bond acceptors (Lipinski definition) is 5. The molecule has 0 aliphatic carbocycles. The van der Waals surface area contributed by atoms with E-state index in [4.69, 9.17) is 9.47 Å². The van der Waals surface area contributed by atoms with Crippen molar-refractivity contribution in [2.75, 3.05) is 37.2 Å². The zero-order valence-electron chi connectivity index (χ0n) is 16.0. The number of para-hydroxylation sites is 1. The molecule has 3 rings (SSSR count). The Hall–Kier alpha value is -2.87. The lowest BCUT2D eigenvalue weighted by atomic mass is 10.2. The molecule has 2 aromatic carbocycles. The second-order valence-electron chi connectivity index (χ2n) is 6.24. The Morgan fingerprint density at radius 2 is 1.89 bits per heavy atom. The number of rotatable bonds is 6. The molecule has 0 aromatic heterocycles. The van der Waals surface area contributed by atoms with Crippen molar-refractivity contribution in [1.82, 2.24) is 5.32 Å². The molecular formula is C20H23N3O4S. The number of nitrogens with one attached hydrogen (secondary N) is 2. The lowest BCUT2D eigenvalue weighted by Gasteiger charge is -2.19. The molecule has 148 valence electrons. The van der Waals surface area contributed by atoms with Crippen molar-refractivity contribution in [3.63, 3.8) is 0 Å². The van der Waals surface area contributed by atoms with E-state index in [0.29, 0.717) is 23.7 Å². The third-order valence-electron chi connectivity index (χ3n) is 4.49. The van der Waals surface area contributed by atoms with E-state index in [2.05, 4.69) is 10.6 Å². The van der Waals surface area contributed by atoms with Gasteiger partial charge in [0.1, 0.15) is 0 Å². The van der Waals surface area contributed by atoms with Gasteiger partial charge in [-0.25, -0.2) is 4.79 Å². The first-order valence-corrected chi connectivity index (χ1v) is 10.0. The summed E-state index contributed by atoms with van der Waals surface area (Å²) in [5.74, 6) is 1.09. The molecule has 2 aromatic rings. The zero-order valence-corrected chi connectivity index (χ0v) is 16.8. The van der Waals surface area contributed by atoms with Gasteiger partial charge in [-0.15, -0.1) is 11.8 Å². The van der Waals surface area contributed by atoms with E-state index in [-0.39, 0.29) is 24.4 Å². The quantitative estimate of drug-likeness (QED) is 0.726. The summed E-state index contributed by atoms with van der Waals surface area (Å²) in [5, 5.41) is 5.74. The van der Waals surface area contributed by atoms with Crippen molar-refractivity contribution in [2.24, 2.45) is 0 Å². The van der Waals surface area contributed by atoms with E-state index in [1.165, 1.54) is 0 Å². The number of anilines is 2. The maximum atomic E-state index is 12.5. The number of thioether (sulfide) groups is 1. The molecule has 0 unspecified atom stereocenters. The highest BCUT2D eigenvalue weighted by molar-refractivity contribution is 7.98. The average Bonchev–Trinajstić information content (AvgIpc) is 3.07. The number of nitrogens with zero attached hydrogens (tertiary/aromatic N) is 1. The van der Waals surface area contributed by atoms with Crippen LogP contribution < -0.4 is 25.0 Å². The second kappa shape index (κ2) is 8.88. The Morgan fingerprint density at radius 1 is 1.14 bits per heavy atom. The third-order valence-corrected chi connectivity index (χ3v) is 5.29. The summed E-state index contributed by atoms with van der Waals surface area (Å²) >= 11 is 1.56. The van der Waals surface area contributed by atoms with Gasteiger partial charge in [0.05, 0.1) is 25.9 Å². The number of benzene rings is 2. The molecule has 1 fully saturated rings. The van der Waals surface area contributed by atoms with E-state index in [1.807, 2.05) is 30.5 Å². The number of carbonyl (C=O) groups is 2. The van der Waals surface area contributed by atoms with Gasteiger partial charge >= 0.3 is 6.03 Å². The molecule has 7 nitrogen and oxygen atoms in total. The maximum Gasteiger partial charge on any atom is 0.319 e. The van der Waals surface area contributed by atoms with Crippen LogP contribution >= 0.6 is 11.8 Å². The molecule has 3 amide bonds. The SMILES string of the molecule is COc1ccc(N2C[C@H](NC(=O)Nc3ccccc3SC)CC2=O)cc1OC. The minimum Gasteiger partial charge on any atom is -0.493 e. The number of amides is 3. The van der Waals surface area contributed by atoms with Crippen molar-refractivity contribution in [2.45, 2.75) is 17.4 Å². The molecule has 0 radical (unpaired) electrons. The summed E-state index contributed by atoms with van der Waals surface area (Å²) in [6, 6.07) is 12.3. The van der Waals surface area contributed by atoms with E-state index < -0.39 is 0 Å². The Morgan fingerprint density at radius 3 is 2.61 bits per heavy atom. The van der Waals surface area contributed by atoms with Crippen LogP contribution in [0.5, 0.6) is 11.5 Å². The second-order valence-corrected chi connectivity index (χ2v) is 7.09. The third kappa shape index (κ3) is 4.33. The summed E-state index contributed by atoms with van der Waals surface area (Å²) in [5.41, 5.74) is 1.45. The van der Waals surface area contributed by atoms with Crippen LogP contribution in [-0.4, -0.2) is 45.0 Å². The van der Waals surface area contributed by atoms with E-state index in [0.717, 1.165) is 10.6 Å². The Bertz CT molecular complexity index is 874. The lowest BCUT2D eigenvalue weighted by molar-refractivity contribution is -0.117. The van der Waals surface area contributed by atoms with E-state index in [1.54, 1.807) is 49.1 Å². The maximum absolute atomic E-state index is 12.5. The summed E-state index contributed by atoms with van der Waals surface area (Å²) < 4.78 is 10.5. The fraction of sp³-hybridized carbons (Fsp3) is 0.300. The molecule has 1 aliphatic rings. The van der Waals surface area contributed by atoms with Crippen LogP contribution in [-0.2, 0) is 4.79 Å². The Labute approximate surface area is 168 Å². The molecule has 1 aliphatic heterocycles. The molecule has 8 heteroatoms. The predicted molar refractivity (Wildman–Crippen MR) is 111 cm³/mol. The van der Waals surface area contributed by atoms with Crippen LogP contribution in [0.1, 0.15) is 6.42 Å². The van der Waals surface area contributed by atoms with Crippen LogP contribution in [0.3, 0.4) is 0 Å². The Kier molecular flexibility index (Phi) is 6.30. The van der Waals surface area contributed by atoms with Gasteiger partial charge in [-0.1, -0.05) is 12.1 Å². The zero-order chi connectivity index (χ0) is 20.1. The highest BCUT2D eigenvalue weighted by Crippen LogP contribution is 2.33. The number of carbonyl (C=O) groups excluding carboxylic acids is 2. The molecule has 1 atom stereocenters. The van der Waals surface area contributed by atoms with Crippen LogP contribution in [0, 0.1) is 0 Å². The number of hydrogen-bond donors (Lipinski definition) is 2. The summed E-state index contributed by atoms with van der Waals surface area (Å²) in [4.78, 5) is 27.5. The predicted octanol–water partition coefficient (Wildman–Crippen LogP) is 3.35. The van der Waals surface area contributed by atoms with Gasteiger partial charge in [0, 0.05) is 29.6 Å². The van der Waals surface area contributed by atoms with Gasteiger partial charge in [0.2, 0.25) is 5.91 Å². The fourth-order valence-corrected chi connectivity index (χ4v) is 3.69. The average molecular weight is 401 g/mol. The molecule has 28 heavy (non-hydrogen) atoms. The Balaban J connectivity index is 1.65. The normalized spacial score (nSPS) is 16.0. The number of urea groups is 1. The highest BCUT2D eigenvalue weighted by Gasteiger charge is 2.32. The molecule has 0 bridgehead atoms. The monoisotopic (exact) mass is 401 g/mol. The van der Waals surface area contributed by atoms with Crippen LogP contribution in [0.4, 0.5) is 16.2 Å². The topological polar surface area (TPSA) is 79.9 Å². The van der Waals surface area contributed by atoms with Crippen molar-refractivity contribution < 1.29 is 19.1 Å². The molecule has 0 saturated carbocycles. The van der Waals surface area contributed by atoms with Gasteiger partial charge in [0.25, 0.3) is 0 Å². The van der Waals surface area contributed by atoms with Gasteiger partial charge < -0.3 is 25.0 Å². The molecule has 1 heterocycles. The van der Waals surface area contributed by atoms with Gasteiger partial charge in [-0.05, 0) is 30.5 Å². The van der Waals surface area contributed by atoms with Crippen molar-refractivity contribution in [1.29, 1.82) is 0 Å². The largest absolute Gasteiger partial charge is 0.493 e. The van der Waals surface area contributed by atoms with Crippen LogP contribution in [0.15, 0.2) is 47.4 Å². The lowest BCUT2D eigenvalue weighted by Crippen LogP contribution is -2.39. The minimum atomic E-state index is -0.325. The van der Waals surface area contributed by atoms with Crippen LogP contribution in [0.2, 0.25) is 0 Å². The van der Waals surface area contributed by atoms with Gasteiger partial charge in [-0.3, -0.25) is 4.79 Å². The van der Waals surface area contributed by atoms with Crippen molar-refractivity contribution in [3.8, 4) is 11.5 Å². The number of methoxy groups -OCH3 is 2. The van der Waals surface area contributed by atoms with Gasteiger partial charge in [0.15, 0.2) is 11.5 Å². The van der Waals surface area contributed by atoms with Crippen molar-refractivity contribution >= 4 is 35.1 Å². The molecule has 0 spiro atoms. The first kappa shape index (κ1) is 19.9. The van der Waals surface area contributed by atoms with Gasteiger partial charge in [-0.2, -0.15) is 0 Å². The highest BCUT2D eigenvalue weighted by atomic mass is 32.2.